The minimum atomic E-state index is 0. The SMILES string of the molecule is CCC(C1CCCCC1)[N+](C)(C)C.[Cl-]. The third kappa shape index (κ3) is 3.78. The Balaban J connectivity index is 0.00000169. The zero-order valence-corrected chi connectivity index (χ0v) is 11.0. The first-order chi connectivity index (χ1) is 6.05. The molecular formula is C12H26ClN. The van der Waals surface area contributed by atoms with Gasteiger partial charge in [-0.3, -0.25) is 0 Å². The van der Waals surface area contributed by atoms with Crippen LogP contribution in [0.2, 0.25) is 0 Å². The van der Waals surface area contributed by atoms with Gasteiger partial charge in [-0.15, -0.1) is 0 Å². The Morgan fingerprint density at radius 3 is 1.93 bits per heavy atom. The molecule has 0 bridgehead atoms. The Morgan fingerprint density at radius 2 is 1.57 bits per heavy atom. The van der Waals surface area contributed by atoms with Crippen LogP contribution in [0.4, 0.5) is 0 Å². The fourth-order valence-electron chi connectivity index (χ4n) is 3.03. The van der Waals surface area contributed by atoms with Gasteiger partial charge < -0.3 is 16.9 Å². The summed E-state index contributed by atoms with van der Waals surface area (Å²) in [7, 11) is 7.05. The maximum absolute atomic E-state index is 2.35. The summed E-state index contributed by atoms with van der Waals surface area (Å²) < 4.78 is 1.15. The Morgan fingerprint density at radius 1 is 1.07 bits per heavy atom. The lowest BCUT2D eigenvalue weighted by molar-refractivity contribution is -0.900. The number of hydrogen-bond donors (Lipinski definition) is 0. The van der Waals surface area contributed by atoms with Crippen molar-refractivity contribution in [2.75, 3.05) is 21.1 Å². The van der Waals surface area contributed by atoms with Gasteiger partial charge in [-0.05, 0) is 19.3 Å². The second kappa shape index (κ2) is 5.97. The van der Waals surface area contributed by atoms with E-state index in [1.165, 1.54) is 38.5 Å². The van der Waals surface area contributed by atoms with E-state index in [9.17, 15) is 0 Å². The van der Waals surface area contributed by atoms with Crippen molar-refractivity contribution in [1.29, 1.82) is 0 Å². The second-order valence-electron chi connectivity index (χ2n) is 5.49. The number of quaternary nitrogens is 1. The first kappa shape index (κ1) is 14.2. The summed E-state index contributed by atoms with van der Waals surface area (Å²) in [6.07, 6.45) is 8.72. The lowest BCUT2D eigenvalue weighted by Crippen LogP contribution is -3.00. The van der Waals surface area contributed by atoms with E-state index in [1.54, 1.807) is 0 Å². The lowest BCUT2D eigenvalue weighted by atomic mass is 9.82. The molecule has 0 N–H and O–H groups in total. The van der Waals surface area contributed by atoms with Gasteiger partial charge in [0.05, 0.1) is 27.2 Å². The van der Waals surface area contributed by atoms with E-state index in [4.69, 9.17) is 0 Å². The lowest BCUT2D eigenvalue weighted by Gasteiger charge is -2.40. The predicted molar refractivity (Wildman–Crippen MR) is 58.7 cm³/mol. The molecule has 1 atom stereocenters. The fourth-order valence-corrected chi connectivity index (χ4v) is 3.03. The Kier molecular flexibility index (Phi) is 6.08. The van der Waals surface area contributed by atoms with E-state index in [0.717, 1.165) is 16.4 Å². The standard InChI is InChI=1S/C12H26N.ClH/c1-5-12(13(2,3)4)11-9-7-6-8-10-11;/h11-12H,5-10H2,1-4H3;1H/q+1;/p-1. The normalized spacial score (nSPS) is 21.4. The second-order valence-corrected chi connectivity index (χ2v) is 5.49. The van der Waals surface area contributed by atoms with Crippen LogP contribution in [0, 0.1) is 5.92 Å². The van der Waals surface area contributed by atoms with Gasteiger partial charge in [0.15, 0.2) is 0 Å². The molecule has 0 aromatic rings. The predicted octanol–water partition coefficient (Wildman–Crippen LogP) is 0.0555. The molecule has 0 amide bonds. The van der Waals surface area contributed by atoms with Crippen LogP contribution in [0.1, 0.15) is 45.4 Å². The van der Waals surface area contributed by atoms with Crippen LogP contribution >= 0.6 is 0 Å². The highest BCUT2D eigenvalue weighted by atomic mass is 35.5. The number of rotatable bonds is 3. The molecule has 0 spiro atoms. The first-order valence-electron chi connectivity index (χ1n) is 5.87. The zero-order valence-electron chi connectivity index (χ0n) is 10.2. The molecule has 2 heteroatoms. The third-order valence-corrected chi connectivity index (χ3v) is 3.61. The molecule has 0 aliphatic heterocycles. The Bertz CT molecular complexity index is 145. The Hall–Kier alpha value is 0.250. The van der Waals surface area contributed by atoms with Crippen LogP contribution in [-0.2, 0) is 0 Å². The van der Waals surface area contributed by atoms with Crippen LogP contribution < -0.4 is 12.4 Å². The van der Waals surface area contributed by atoms with Crippen LogP contribution in [0.15, 0.2) is 0 Å². The summed E-state index contributed by atoms with van der Waals surface area (Å²) >= 11 is 0. The van der Waals surface area contributed by atoms with Crippen molar-refractivity contribution in [2.45, 2.75) is 51.5 Å². The monoisotopic (exact) mass is 219 g/mol. The summed E-state index contributed by atoms with van der Waals surface area (Å²) in [5.41, 5.74) is 0. The van der Waals surface area contributed by atoms with E-state index in [1.807, 2.05) is 0 Å². The molecular weight excluding hydrogens is 194 g/mol. The van der Waals surface area contributed by atoms with Crippen molar-refractivity contribution in [3.05, 3.63) is 0 Å². The first-order valence-corrected chi connectivity index (χ1v) is 5.87. The topological polar surface area (TPSA) is 0 Å². The van der Waals surface area contributed by atoms with Crippen molar-refractivity contribution in [3.63, 3.8) is 0 Å². The van der Waals surface area contributed by atoms with Crippen molar-refractivity contribution in [2.24, 2.45) is 5.92 Å². The minimum absolute atomic E-state index is 0. The number of hydrogen-bond acceptors (Lipinski definition) is 0. The van der Waals surface area contributed by atoms with Crippen molar-refractivity contribution in [1.82, 2.24) is 0 Å². The zero-order chi connectivity index (χ0) is 9.90. The van der Waals surface area contributed by atoms with E-state index >= 15 is 0 Å². The van der Waals surface area contributed by atoms with Crippen LogP contribution in [0.5, 0.6) is 0 Å². The molecule has 0 heterocycles. The van der Waals surface area contributed by atoms with Gasteiger partial charge in [0.25, 0.3) is 0 Å². The molecule has 1 aliphatic rings. The maximum Gasteiger partial charge on any atom is 0.0909 e. The molecule has 0 radical (unpaired) electrons. The highest BCUT2D eigenvalue weighted by molar-refractivity contribution is 4.73. The summed E-state index contributed by atoms with van der Waals surface area (Å²) in [6.45, 7) is 2.35. The summed E-state index contributed by atoms with van der Waals surface area (Å²) in [5, 5.41) is 0. The summed E-state index contributed by atoms with van der Waals surface area (Å²) in [6, 6.07) is 0.889. The molecule has 1 fully saturated rings. The molecule has 0 aromatic carbocycles. The van der Waals surface area contributed by atoms with Gasteiger partial charge in [-0.1, -0.05) is 26.2 Å². The molecule has 1 rings (SSSR count). The Labute approximate surface area is 95.9 Å². The molecule has 14 heavy (non-hydrogen) atoms. The molecule has 1 aliphatic carbocycles. The number of nitrogens with zero attached hydrogens (tertiary/aromatic N) is 1. The van der Waals surface area contributed by atoms with Crippen LogP contribution in [0.3, 0.4) is 0 Å². The fraction of sp³-hybridized carbons (Fsp3) is 1.00. The summed E-state index contributed by atoms with van der Waals surface area (Å²) in [5.74, 6) is 0.999. The highest BCUT2D eigenvalue weighted by Gasteiger charge is 2.31. The minimum Gasteiger partial charge on any atom is -1.00 e. The molecule has 0 saturated heterocycles. The molecule has 86 valence electrons. The van der Waals surface area contributed by atoms with E-state index < -0.39 is 0 Å². The largest absolute Gasteiger partial charge is 1.00 e. The van der Waals surface area contributed by atoms with Gasteiger partial charge in [0.1, 0.15) is 0 Å². The van der Waals surface area contributed by atoms with Gasteiger partial charge in [0, 0.05) is 5.92 Å². The van der Waals surface area contributed by atoms with Crippen LogP contribution in [-0.4, -0.2) is 31.7 Å². The average Bonchev–Trinajstić information content (AvgIpc) is 2.05. The molecule has 0 aromatic heterocycles. The van der Waals surface area contributed by atoms with Gasteiger partial charge in [-0.2, -0.15) is 0 Å². The molecule has 1 saturated carbocycles. The third-order valence-electron chi connectivity index (χ3n) is 3.61. The van der Waals surface area contributed by atoms with Crippen molar-refractivity contribution >= 4 is 0 Å². The van der Waals surface area contributed by atoms with Crippen LogP contribution in [0.25, 0.3) is 0 Å². The van der Waals surface area contributed by atoms with Gasteiger partial charge >= 0.3 is 0 Å². The van der Waals surface area contributed by atoms with E-state index in [2.05, 4.69) is 28.1 Å². The number of halogens is 1. The maximum atomic E-state index is 2.35. The average molecular weight is 220 g/mol. The highest BCUT2D eigenvalue weighted by Crippen LogP contribution is 2.31. The molecule has 1 unspecified atom stereocenters. The van der Waals surface area contributed by atoms with E-state index in [-0.39, 0.29) is 12.4 Å². The van der Waals surface area contributed by atoms with Gasteiger partial charge in [0.2, 0.25) is 0 Å². The quantitative estimate of drug-likeness (QED) is 0.589. The summed E-state index contributed by atoms with van der Waals surface area (Å²) in [4.78, 5) is 0. The van der Waals surface area contributed by atoms with Crippen molar-refractivity contribution < 1.29 is 16.9 Å². The smallest absolute Gasteiger partial charge is 0.0909 e. The van der Waals surface area contributed by atoms with Crippen molar-refractivity contribution in [3.8, 4) is 0 Å². The van der Waals surface area contributed by atoms with Gasteiger partial charge in [-0.25, -0.2) is 0 Å². The van der Waals surface area contributed by atoms with E-state index in [0.29, 0.717) is 0 Å². The molecule has 1 nitrogen and oxygen atoms in total.